The molecule has 3 saturated heterocycles. The number of allylic oxidation sites excluding steroid dienone is 1. The van der Waals surface area contributed by atoms with E-state index in [4.69, 9.17) is 21.1 Å². The number of fused-ring (bicyclic) bond motifs is 1. The SMILES string of the molecule is C=CCCCCOC(=O)[C@@H]1[C@H]2C(=O)N([C@@H](CO)CC(C)C)C(C(=O)N(CC=C)c3ccc(Cl)cc3)C23CC[C@@]1(CC)O3. The van der Waals surface area contributed by atoms with Crippen LogP contribution < -0.4 is 4.90 Å². The van der Waals surface area contributed by atoms with Crippen molar-refractivity contribution in [2.24, 2.45) is 17.8 Å². The van der Waals surface area contributed by atoms with Crippen molar-refractivity contribution in [1.82, 2.24) is 4.90 Å². The molecular weight excluding hydrogens is 556 g/mol. The van der Waals surface area contributed by atoms with E-state index in [1.165, 1.54) is 4.90 Å². The van der Waals surface area contributed by atoms with Gasteiger partial charge in [-0.2, -0.15) is 0 Å². The number of halogens is 1. The number of aliphatic hydroxyl groups excluding tert-OH is 1. The Hall–Kier alpha value is -2.68. The van der Waals surface area contributed by atoms with Crippen LogP contribution in [-0.2, 0) is 23.9 Å². The summed E-state index contributed by atoms with van der Waals surface area (Å²) in [6.07, 6.45) is 7.84. The number of nitrogens with zero attached hydrogens (tertiary/aromatic N) is 2. The van der Waals surface area contributed by atoms with Crippen molar-refractivity contribution in [2.75, 3.05) is 24.7 Å². The minimum atomic E-state index is -1.22. The summed E-state index contributed by atoms with van der Waals surface area (Å²) in [4.78, 5) is 46.1. The molecular formula is C33H45ClN2O6. The summed E-state index contributed by atoms with van der Waals surface area (Å²) in [5.74, 6) is -2.66. The Morgan fingerprint density at radius 2 is 1.93 bits per heavy atom. The van der Waals surface area contributed by atoms with Crippen LogP contribution in [0.3, 0.4) is 0 Å². The topological polar surface area (TPSA) is 96.4 Å². The summed E-state index contributed by atoms with van der Waals surface area (Å²) in [6.45, 7) is 13.7. The first-order chi connectivity index (χ1) is 20.1. The zero-order valence-electron chi connectivity index (χ0n) is 25.1. The maximum Gasteiger partial charge on any atom is 0.312 e. The van der Waals surface area contributed by atoms with E-state index in [-0.39, 0.29) is 37.5 Å². The number of aliphatic hydroxyl groups is 1. The molecule has 1 N–H and O–H groups in total. The number of amides is 2. The summed E-state index contributed by atoms with van der Waals surface area (Å²) >= 11 is 6.14. The van der Waals surface area contributed by atoms with Gasteiger partial charge < -0.3 is 24.4 Å². The van der Waals surface area contributed by atoms with Crippen LogP contribution in [0, 0.1) is 17.8 Å². The number of carbonyl (C=O) groups is 3. The first kappa shape index (κ1) is 32.2. The van der Waals surface area contributed by atoms with Gasteiger partial charge in [-0.3, -0.25) is 14.4 Å². The summed E-state index contributed by atoms with van der Waals surface area (Å²) in [5.41, 5.74) is -1.50. The normalized spacial score (nSPS) is 28.6. The van der Waals surface area contributed by atoms with E-state index >= 15 is 0 Å². The number of anilines is 1. The van der Waals surface area contributed by atoms with Crippen LogP contribution in [0.2, 0.25) is 5.02 Å². The molecule has 0 aliphatic carbocycles. The summed E-state index contributed by atoms with van der Waals surface area (Å²) in [7, 11) is 0. The summed E-state index contributed by atoms with van der Waals surface area (Å²) in [6, 6.07) is 5.28. The van der Waals surface area contributed by atoms with Crippen molar-refractivity contribution in [3.05, 3.63) is 54.6 Å². The third-order valence-electron chi connectivity index (χ3n) is 9.22. The second-order valence-electron chi connectivity index (χ2n) is 12.2. The molecule has 0 aromatic heterocycles. The van der Waals surface area contributed by atoms with Crippen LogP contribution in [-0.4, -0.2) is 70.8 Å². The smallest absolute Gasteiger partial charge is 0.312 e. The fourth-order valence-corrected chi connectivity index (χ4v) is 7.51. The van der Waals surface area contributed by atoms with E-state index in [1.54, 1.807) is 35.2 Å². The molecule has 4 rings (SSSR count). The molecule has 1 spiro atoms. The second-order valence-corrected chi connectivity index (χ2v) is 12.6. The van der Waals surface area contributed by atoms with Crippen LogP contribution in [0.25, 0.3) is 0 Å². The van der Waals surface area contributed by atoms with Crippen LogP contribution >= 0.6 is 11.6 Å². The highest BCUT2D eigenvalue weighted by atomic mass is 35.5. The summed E-state index contributed by atoms with van der Waals surface area (Å²) < 4.78 is 12.6. The number of esters is 1. The molecule has 3 fully saturated rings. The number of hydrogen-bond acceptors (Lipinski definition) is 6. The van der Waals surface area contributed by atoms with Gasteiger partial charge >= 0.3 is 5.97 Å². The van der Waals surface area contributed by atoms with E-state index in [9.17, 15) is 19.5 Å². The number of ether oxygens (including phenoxy) is 2. The molecule has 8 nitrogen and oxygen atoms in total. The Morgan fingerprint density at radius 3 is 2.52 bits per heavy atom. The zero-order chi connectivity index (χ0) is 30.7. The van der Waals surface area contributed by atoms with Gasteiger partial charge in [0, 0.05) is 17.3 Å². The van der Waals surface area contributed by atoms with Crippen LogP contribution in [0.5, 0.6) is 0 Å². The highest BCUT2D eigenvalue weighted by molar-refractivity contribution is 6.30. The van der Waals surface area contributed by atoms with E-state index in [0.29, 0.717) is 42.8 Å². The molecule has 230 valence electrons. The molecule has 0 radical (unpaired) electrons. The summed E-state index contributed by atoms with van der Waals surface area (Å²) in [5, 5.41) is 11.1. The third kappa shape index (κ3) is 5.65. The van der Waals surface area contributed by atoms with Gasteiger partial charge in [-0.1, -0.05) is 44.5 Å². The van der Waals surface area contributed by atoms with Crippen molar-refractivity contribution in [3.8, 4) is 0 Å². The van der Waals surface area contributed by atoms with Gasteiger partial charge in [0.05, 0.1) is 30.8 Å². The Morgan fingerprint density at radius 1 is 1.21 bits per heavy atom. The molecule has 1 aromatic rings. The molecule has 2 unspecified atom stereocenters. The van der Waals surface area contributed by atoms with Gasteiger partial charge in [0.2, 0.25) is 5.91 Å². The third-order valence-corrected chi connectivity index (χ3v) is 9.47. The van der Waals surface area contributed by atoms with Crippen molar-refractivity contribution in [2.45, 2.75) is 89.0 Å². The number of carbonyl (C=O) groups excluding carboxylic acids is 3. The van der Waals surface area contributed by atoms with Gasteiger partial charge in [-0.05, 0) is 75.1 Å². The van der Waals surface area contributed by atoms with E-state index in [2.05, 4.69) is 13.2 Å². The quantitative estimate of drug-likeness (QED) is 0.166. The average molecular weight is 601 g/mol. The van der Waals surface area contributed by atoms with Crippen molar-refractivity contribution in [1.29, 1.82) is 0 Å². The van der Waals surface area contributed by atoms with Gasteiger partial charge in [-0.15, -0.1) is 13.2 Å². The van der Waals surface area contributed by atoms with Crippen LogP contribution in [0.4, 0.5) is 5.69 Å². The van der Waals surface area contributed by atoms with E-state index in [0.717, 1.165) is 12.8 Å². The molecule has 42 heavy (non-hydrogen) atoms. The molecule has 2 bridgehead atoms. The van der Waals surface area contributed by atoms with Crippen molar-refractivity contribution >= 4 is 35.1 Å². The lowest BCUT2D eigenvalue weighted by atomic mass is 9.65. The Bertz CT molecular complexity index is 1170. The molecule has 2 amide bonds. The average Bonchev–Trinajstić information content (AvgIpc) is 3.58. The molecule has 9 heteroatoms. The number of rotatable bonds is 15. The Kier molecular flexibility index (Phi) is 10.2. The lowest BCUT2D eigenvalue weighted by Gasteiger charge is -2.40. The number of likely N-dealkylation sites (tertiary alicyclic amines) is 1. The fourth-order valence-electron chi connectivity index (χ4n) is 7.38. The number of unbranched alkanes of at least 4 members (excludes halogenated alkanes) is 2. The standard InChI is InChI=1S/C33H45ClN2O6/c1-6-9-10-11-19-41-31(40)27-26-29(38)36(25(21-37)20-22(4)5)28(33(26)17-16-32(27,8-3)42-33)30(39)35(18-7-2)24-14-12-23(34)13-15-24/h6-7,12-15,22,25-28,37H,1-2,8-11,16-21H2,3-5H3/t25-,26+,27+,28?,32-,33?/m1/s1. The molecule has 3 aliphatic heterocycles. The minimum Gasteiger partial charge on any atom is -0.465 e. The maximum absolute atomic E-state index is 14.7. The first-order valence-corrected chi connectivity index (χ1v) is 15.6. The predicted molar refractivity (Wildman–Crippen MR) is 163 cm³/mol. The first-order valence-electron chi connectivity index (χ1n) is 15.2. The Labute approximate surface area is 254 Å². The number of hydrogen-bond donors (Lipinski definition) is 1. The van der Waals surface area contributed by atoms with Crippen molar-refractivity contribution < 1.29 is 29.0 Å². The molecule has 6 atom stereocenters. The monoisotopic (exact) mass is 600 g/mol. The fraction of sp³-hybridized carbons (Fsp3) is 0.606. The van der Waals surface area contributed by atoms with Crippen LogP contribution in [0.15, 0.2) is 49.6 Å². The van der Waals surface area contributed by atoms with E-state index < -0.39 is 41.1 Å². The molecule has 1 aromatic carbocycles. The highest BCUT2D eigenvalue weighted by Gasteiger charge is 2.79. The van der Waals surface area contributed by atoms with E-state index in [1.807, 2.05) is 26.8 Å². The minimum absolute atomic E-state index is 0.153. The van der Waals surface area contributed by atoms with Gasteiger partial charge in [0.25, 0.3) is 5.91 Å². The zero-order valence-corrected chi connectivity index (χ0v) is 25.9. The van der Waals surface area contributed by atoms with Crippen molar-refractivity contribution in [3.63, 3.8) is 0 Å². The highest BCUT2D eigenvalue weighted by Crippen LogP contribution is 2.65. The molecule has 0 saturated carbocycles. The maximum atomic E-state index is 14.7. The lowest BCUT2D eigenvalue weighted by Crippen LogP contribution is -2.59. The predicted octanol–water partition coefficient (Wildman–Crippen LogP) is 5.32. The molecule has 3 heterocycles. The number of benzene rings is 1. The van der Waals surface area contributed by atoms with Crippen LogP contribution in [0.1, 0.15) is 65.7 Å². The lowest BCUT2D eigenvalue weighted by molar-refractivity contribution is -0.162. The van der Waals surface area contributed by atoms with Gasteiger partial charge in [0.1, 0.15) is 17.6 Å². The second kappa shape index (κ2) is 13.3. The Balaban J connectivity index is 1.78. The molecule has 3 aliphatic rings. The largest absolute Gasteiger partial charge is 0.465 e. The van der Waals surface area contributed by atoms with Gasteiger partial charge in [-0.25, -0.2) is 0 Å². The van der Waals surface area contributed by atoms with Gasteiger partial charge in [0.15, 0.2) is 0 Å².